The first kappa shape index (κ1) is 54.1. The molecule has 0 aliphatic heterocycles. The number of carbonyl (C=O) groups excluding carboxylic acids is 2. The van der Waals surface area contributed by atoms with E-state index in [1.54, 1.807) is 0 Å². The number of unbranched alkanes of at least 4 members (excludes halogenated alkanes) is 26. The molecule has 0 saturated heterocycles. The van der Waals surface area contributed by atoms with Gasteiger partial charge in [-0.15, -0.1) is 0 Å². The molecule has 0 aromatic heterocycles. The van der Waals surface area contributed by atoms with E-state index in [0.29, 0.717) is 19.3 Å². The standard InChI is InChI=1S/C50H93NO5/c1-4-7-10-13-16-19-22-23-24-25-28-31-34-37-40-43-50(55)56-46(41-38-35-32-29-26-20-17-14-11-8-5-2)44-49(54)51-47(45-52)48(53)42-39-36-33-30-27-21-18-15-12-9-6-3/h16,19,22-23,29,32,46-48,52-53H,4-15,17-18,20-21,24-28,30-31,33-45H2,1-3H3,(H,51,54)/b19-16+,23-22+,32-29-. The zero-order valence-electron chi connectivity index (χ0n) is 37.3. The predicted octanol–water partition coefficient (Wildman–Crippen LogP) is 14.1. The highest BCUT2D eigenvalue weighted by molar-refractivity contribution is 5.77. The third-order valence-corrected chi connectivity index (χ3v) is 11.0. The van der Waals surface area contributed by atoms with Gasteiger partial charge in [0.1, 0.15) is 6.10 Å². The fourth-order valence-electron chi connectivity index (χ4n) is 7.24. The largest absolute Gasteiger partial charge is 0.462 e. The van der Waals surface area contributed by atoms with Crippen LogP contribution in [0.5, 0.6) is 0 Å². The fourth-order valence-corrected chi connectivity index (χ4v) is 7.24. The molecule has 0 radical (unpaired) electrons. The first-order valence-corrected chi connectivity index (χ1v) is 24.2. The van der Waals surface area contributed by atoms with Crippen molar-refractivity contribution in [3.8, 4) is 0 Å². The van der Waals surface area contributed by atoms with Crippen LogP contribution >= 0.6 is 0 Å². The van der Waals surface area contributed by atoms with E-state index in [2.05, 4.69) is 62.5 Å². The number of hydrogen-bond acceptors (Lipinski definition) is 5. The molecule has 3 N–H and O–H groups in total. The molecule has 56 heavy (non-hydrogen) atoms. The van der Waals surface area contributed by atoms with Gasteiger partial charge in [-0.2, -0.15) is 0 Å². The summed E-state index contributed by atoms with van der Waals surface area (Å²) in [6, 6.07) is -0.708. The van der Waals surface area contributed by atoms with Crippen molar-refractivity contribution < 1.29 is 24.5 Å². The zero-order valence-corrected chi connectivity index (χ0v) is 37.3. The summed E-state index contributed by atoms with van der Waals surface area (Å²) < 4.78 is 5.89. The van der Waals surface area contributed by atoms with Gasteiger partial charge in [-0.05, 0) is 70.6 Å². The lowest BCUT2D eigenvalue weighted by Gasteiger charge is -2.24. The van der Waals surface area contributed by atoms with Gasteiger partial charge >= 0.3 is 5.97 Å². The number of aliphatic hydroxyl groups excluding tert-OH is 2. The lowest BCUT2D eigenvalue weighted by molar-refractivity contribution is -0.151. The zero-order chi connectivity index (χ0) is 41.0. The van der Waals surface area contributed by atoms with E-state index in [1.807, 2.05) is 0 Å². The number of esters is 1. The van der Waals surface area contributed by atoms with Crippen LogP contribution in [0.1, 0.15) is 245 Å². The molecule has 0 aliphatic rings. The Morgan fingerprint density at radius 1 is 0.518 bits per heavy atom. The second-order valence-electron chi connectivity index (χ2n) is 16.5. The van der Waals surface area contributed by atoms with Gasteiger partial charge in [0.25, 0.3) is 0 Å². The monoisotopic (exact) mass is 788 g/mol. The first-order valence-electron chi connectivity index (χ1n) is 24.2. The molecule has 0 aromatic carbocycles. The average molecular weight is 788 g/mol. The molecule has 0 bridgehead atoms. The second kappa shape index (κ2) is 44.2. The molecule has 3 unspecified atom stereocenters. The molecular formula is C50H93NO5. The summed E-state index contributed by atoms with van der Waals surface area (Å²) in [7, 11) is 0. The van der Waals surface area contributed by atoms with Gasteiger partial charge in [-0.25, -0.2) is 0 Å². The van der Waals surface area contributed by atoms with E-state index < -0.39 is 18.2 Å². The number of nitrogens with one attached hydrogen (secondary N) is 1. The van der Waals surface area contributed by atoms with E-state index in [9.17, 15) is 19.8 Å². The Bertz CT molecular complexity index is 930. The van der Waals surface area contributed by atoms with Crippen LogP contribution in [0.2, 0.25) is 0 Å². The maximum absolute atomic E-state index is 13.1. The van der Waals surface area contributed by atoms with Gasteiger partial charge < -0.3 is 20.3 Å². The molecule has 328 valence electrons. The highest BCUT2D eigenvalue weighted by Gasteiger charge is 2.24. The topological polar surface area (TPSA) is 95.9 Å². The van der Waals surface area contributed by atoms with Gasteiger partial charge in [0, 0.05) is 6.42 Å². The third-order valence-electron chi connectivity index (χ3n) is 11.0. The summed E-state index contributed by atoms with van der Waals surface area (Å²) in [5, 5.41) is 23.6. The molecule has 0 fully saturated rings. The van der Waals surface area contributed by atoms with Crippen LogP contribution in [0, 0.1) is 0 Å². The Labute approximate surface area is 347 Å². The third kappa shape index (κ3) is 38.9. The fraction of sp³-hybridized carbons (Fsp3) is 0.840. The Morgan fingerprint density at radius 2 is 0.929 bits per heavy atom. The van der Waals surface area contributed by atoms with Crippen LogP contribution in [0.25, 0.3) is 0 Å². The maximum Gasteiger partial charge on any atom is 0.306 e. The number of ether oxygens (including phenoxy) is 1. The number of hydrogen-bond donors (Lipinski definition) is 3. The number of amides is 1. The van der Waals surface area contributed by atoms with Crippen molar-refractivity contribution in [2.45, 2.75) is 264 Å². The summed E-state index contributed by atoms with van der Waals surface area (Å²) in [4.78, 5) is 26.0. The minimum atomic E-state index is -0.793. The Kier molecular flexibility index (Phi) is 42.7. The predicted molar refractivity (Wildman–Crippen MR) is 241 cm³/mol. The Balaban J connectivity index is 4.60. The summed E-state index contributed by atoms with van der Waals surface area (Å²) in [5.74, 6) is -0.513. The molecule has 6 heteroatoms. The van der Waals surface area contributed by atoms with Crippen molar-refractivity contribution in [2.24, 2.45) is 0 Å². The van der Waals surface area contributed by atoms with Crippen LogP contribution in [-0.2, 0) is 14.3 Å². The summed E-state index contributed by atoms with van der Waals surface area (Å²) in [6.45, 7) is 6.42. The van der Waals surface area contributed by atoms with Gasteiger partial charge in [0.05, 0.1) is 25.2 Å². The van der Waals surface area contributed by atoms with E-state index in [-0.39, 0.29) is 24.9 Å². The number of rotatable bonds is 43. The second-order valence-corrected chi connectivity index (χ2v) is 16.5. The minimum Gasteiger partial charge on any atom is -0.462 e. The minimum absolute atomic E-state index is 0.0535. The lowest BCUT2D eigenvalue weighted by Crippen LogP contribution is -2.46. The van der Waals surface area contributed by atoms with Crippen LogP contribution in [0.3, 0.4) is 0 Å². The van der Waals surface area contributed by atoms with Crippen LogP contribution in [0.4, 0.5) is 0 Å². The highest BCUT2D eigenvalue weighted by Crippen LogP contribution is 2.17. The van der Waals surface area contributed by atoms with Crippen molar-refractivity contribution in [2.75, 3.05) is 6.61 Å². The van der Waals surface area contributed by atoms with Gasteiger partial charge in [0.2, 0.25) is 5.91 Å². The van der Waals surface area contributed by atoms with Gasteiger partial charge in [0.15, 0.2) is 0 Å². The molecule has 1 amide bonds. The molecule has 0 rings (SSSR count). The number of carbonyl (C=O) groups is 2. The first-order chi connectivity index (χ1) is 27.5. The van der Waals surface area contributed by atoms with Crippen LogP contribution < -0.4 is 5.32 Å². The number of allylic oxidation sites excluding steroid dienone is 6. The molecule has 6 nitrogen and oxygen atoms in total. The molecule has 0 aromatic rings. The van der Waals surface area contributed by atoms with E-state index in [1.165, 1.54) is 135 Å². The van der Waals surface area contributed by atoms with Crippen molar-refractivity contribution in [1.82, 2.24) is 5.32 Å². The molecular weight excluding hydrogens is 695 g/mol. The van der Waals surface area contributed by atoms with E-state index in [0.717, 1.165) is 64.2 Å². The lowest BCUT2D eigenvalue weighted by atomic mass is 10.0. The SMILES string of the molecule is CCCCC/C=C/C=C/CCCCCCCCC(=O)OC(CCC/C=C\CCCCCCCC)CC(=O)NC(CO)C(O)CCCCCCCCCCCCC. The normalized spacial score (nSPS) is 13.6. The quantitative estimate of drug-likeness (QED) is 0.0247. The molecule has 0 saturated carbocycles. The van der Waals surface area contributed by atoms with Gasteiger partial charge in [-0.1, -0.05) is 198 Å². The average Bonchev–Trinajstić information content (AvgIpc) is 3.19. The molecule has 0 heterocycles. The van der Waals surface area contributed by atoms with Crippen LogP contribution in [-0.4, -0.2) is 46.9 Å². The van der Waals surface area contributed by atoms with Crippen molar-refractivity contribution in [3.05, 3.63) is 36.5 Å². The number of aliphatic hydroxyl groups is 2. The maximum atomic E-state index is 13.1. The Morgan fingerprint density at radius 3 is 1.45 bits per heavy atom. The van der Waals surface area contributed by atoms with Crippen molar-refractivity contribution in [3.63, 3.8) is 0 Å². The van der Waals surface area contributed by atoms with E-state index >= 15 is 0 Å². The highest BCUT2D eigenvalue weighted by atomic mass is 16.5. The van der Waals surface area contributed by atoms with Gasteiger partial charge in [-0.3, -0.25) is 9.59 Å². The van der Waals surface area contributed by atoms with Crippen molar-refractivity contribution >= 4 is 11.9 Å². The Hall–Kier alpha value is -1.92. The summed E-state index contributed by atoms with van der Waals surface area (Å²) in [5.41, 5.74) is 0. The molecule has 0 spiro atoms. The smallest absolute Gasteiger partial charge is 0.306 e. The van der Waals surface area contributed by atoms with Crippen LogP contribution in [0.15, 0.2) is 36.5 Å². The summed E-state index contributed by atoms with van der Waals surface area (Å²) in [6.07, 6.45) is 50.6. The summed E-state index contributed by atoms with van der Waals surface area (Å²) >= 11 is 0. The van der Waals surface area contributed by atoms with Crippen molar-refractivity contribution in [1.29, 1.82) is 0 Å². The van der Waals surface area contributed by atoms with E-state index in [4.69, 9.17) is 4.74 Å². The molecule has 3 atom stereocenters. The molecule has 0 aliphatic carbocycles.